The number of benzene rings is 1. The Hall–Kier alpha value is -2.18. The summed E-state index contributed by atoms with van der Waals surface area (Å²) in [7, 11) is 1.88. The topological polar surface area (TPSA) is 59.8 Å². The van der Waals surface area contributed by atoms with Gasteiger partial charge in [-0.1, -0.05) is 22.9 Å². The molecule has 7 heteroatoms. The fourth-order valence-corrected chi connectivity index (χ4v) is 3.05. The monoisotopic (exact) mass is 332 g/mol. The first-order valence-electron chi connectivity index (χ1n) is 6.56. The van der Waals surface area contributed by atoms with Crippen LogP contribution in [-0.4, -0.2) is 20.7 Å². The van der Waals surface area contributed by atoms with Crippen LogP contribution in [0.4, 0.5) is 5.13 Å². The van der Waals surface area contributed by atoms with Crippen molar-refractivity contribution >= 4 is 34.0 Å². The molecule has 0 saturated heterocycles. The summed E-state index contributed by atoms with van der Waals surface area (Å²) in [6.45, 7) is 1.94. The molecule has 0 radical (unpaired) electrons. The van der Waals surface area contributed by atoms with Gasteiger partial charge in [0.15, 0.2) is 5.13 Å². The van der Waals surface area contributed by atoms with E-state index in [-0.39, 0.29) is 5.91 Å². The number of nitrogens with one attached hydrogen (secondary N) is 1. The number of halogens is 1. The Kier molecular flexibility index (Phi) is 3.96. The van der Waals surface area contributed by atoms with Gasteiger partial charge in [0.1, 0.15) is 0 Å². The van der Waals surface area contributed by atoms with Crippen LogP contribution in [0.3, 0.4) is 0 Å². The molecule has 0 atom stereocenters. The summed E-state index contributed by atoms with van der Waals surface area (Å²) in [4.78, 5) is 17.3. The maximum Gasteiger partial charge on any atom is 0.257 e. The first kappa shape index (κ1) is 14.7. The molecule has 0 bridgehead atoms. The molecule has 0 aliphatic carbocycles. The van der Waals surface area contributed by atoms with E-state index < -0.39 is 0 Å². The molecule has 5 nitrogen and oxygen atoms in total. The average Bonchev–Trinajstić information content (AvgIpc) is 3.06. The van der Waals surface area contributed by atoms with E-state index in [0.29, 0.717) is 15.7 Å². The molecular formula is C15H13ClN4OS. The van der Waals surface area contributed by atoms with E-state index in [1.807, 2.05) is 20.0 Å². The van der Waals surface area contributed by atoms with E-state index >= 15 is 0 Å². The summed E-state index contributed by atoms with van der Waals surface area (Å²) in [5.41, 5.74) is 2.46. The summed E-state index contributed by atoms with van der Waals surface area (Å²) in [5.74, 6) is -0.209. The molecule has 3 aromatic rings. The zero-order valence-corrected chi connectivity index (χ0v) is 13.6. The zero-order valence-electron chi connectivity index (χ0n) is 12.0. The number of rotatable bonds is 3. The molecule has 2 heterocycles. The average molecular weight is 333 g/mol. The van der Waals surface area contributed by atoms with Gasteiger partial charge in [-0.25, -0.2) is 4.98 Å². The number of hydrogen-bond acceptors (Lipinski definition) is 4. The van der Waals surface area contributed by atoms with Crippen molar-refractivity contribution in [1.82, 2.24) is 14.8 Å². The summed E-state index contributed by atoms with van der Waals surface area (Å²) in [5, 5.41) is 8.25. The fraction of sp³-hybridized carbons (Fsp3) is 0.133. The minimum absolute atomic E-state index is 0.209. The van der Waals surface area contributed by atoms with Crippen molar-refractivity contribution < 1.29 is 4.79 Å². The zero-order chi connectivity index (χ0) is 15.7. The van der Waals surface area contributed by atoms with Crippen molar-refractivity contribution in [2.45, 2.75) is 6.92 Å². The van der Waals surface area contributed by atoms with Gasteiger partial charge >= 0.3 is 0 Å². The lowest BCUT2D eigenvalue weighted by Crippen LogP contribution is -2.11. The van der Waals surface area contributed by atoms with Crippen LogP contribution in [0.15, 0.2) is 36.5 Å². The number of nitrogens with zero attached hydrogens (tertiary/aromatic N) is 3. The second kappa shape index (κ2) is 5.90. The Morgan fingerprint density at radius 1 is 1.32 bits per heavy atom. The van der Waals surface area contributed by atoms with Gasteiger partial charge in [0.25, 0.3) is 5.91 Å². The van der Waals surface area contributed by atoms with Crippen molar-refractivity contribution in [2.24, 2.45) is 7.05 Å². The van der Waals surface area contributed by atoms with Gasteiger partial charge in [-0.3, -0.25) is 14.8 Å². The molecule has 0 saturated carbocycles. The van der Waals surface area contributed by atoms with E-state index in [2.05, 4.69) is 15.4 Å². The van der Waals surface area contributed by atoms with Gasteiger partial charge in [0.2, 0.25) is 0 Å². The van der Waals surface area contributed by atoms with Crippen molar-refractivity contribution in [3.63, 3.8) is 0 Å². The summed E-state index contributed by atoms with van der Waals surface area (Å²) in [6, 6.07) is 8.70. The Morgan fingerprint density at radius 2 is 2.05 bits per heavy atom. The van der Waals surface area contributed by atoms with Gasteiger partial charge in [-0.2, -0.15) is 5.10 Å². The van der Waals surface area contributed by atoms with E-state index in [1.165, 1.54) is 11.3 Å². The number of anilines is 1. The Labute approximate surface area is 136 Å². The molecule has 1 amide bonds. The summed E-state index contributed by atoms with van der Waals surface area (Å²) in [6.07, 6.45) is 1.73. The molecule has 0 aliphatic heterocycles. The molecule has 112 valence electrons. The predicted octanol–water partition coefficient (Wildman–Crippen LogP) is 3.76. The van der Waals surface area contributed by atoms with Crippen LogP contribution in [0, 0.1) is 6.92 Å². The third-order valence-electron chi connectivity index (χ3n) is 3.09. The molecule has 0 spiro atoms. The lowest BCUT2D eigenvalue weighted by atomic mass is 10.2. The molecule has 0 aliphatic rings. The van der Waals surface area contributed by atoms with Gasteiger partial charge in [-0.15, -0.1) is 0 Å². The Morgan fingerprint density at radius 3 is 2.68 bits per heavy atom. The number of amides is 1. The van der Waals surface area contributed by atoms with Crippen LogP contribution in [0.2, 0.25) is 5.02 Å². The maximum atomic E-state index is 12.1. The first-order valence-corrected chi connectivity index (χ1v) is 7.76. The number of carbonyl (C=O) groups is 1. The van der Waals surface area contributed by atoms with Crippen LogP contribution in [-0.2, 0) is 7.05 Å². The number of aromatic nitrogens is 3. The van der Waals surface area contributed by atoms with Crippen molar-refractivity contribution in [2.75, 3.05) is 5.32 Å². The standard InChI is InChI=1S/C15H13ClN4OS/c1-9-7-12(20(2)19-9)13-8-17-15(22-13)18-14(21)10-3-5-11(16)6-4-10/h3-8H,1-2H3,(H,17,18,21). The minimum Gasteiger partial charge on any atom is -0.298 e. The van der Waals surface area contributed by atoms with Crippen molar-refractivity contribution in [3.8, 4) is 10.6 Å². The number of thiazole rings is 1. The van der Waals surface area contributed by atoms with Crippen LogP contribution in [0.25, 0.3) is 10.6 Å². The second-order valence-corrected chi connectivity index (χ2v) is 6.25. The number of hydrogen-bond donors (Lipinski definition) is 1. The third kappa shape index (κ3) is 3.03. The highest BCUT2D eigenvalue weighted by Crippen LogP contribution is 2.29. The Bertz CT molecular complexity index is 822. The number of carbonyl (C=O) groups excluding carboxylic acids is 1. The summed E-state index contributed by atoms with van der Waals surface area (Å²) >= 11 is 7.22. The normalized spacial score (nSPS) is 10.7. The lowest BCUT2D eigenvalue weighted by Gasteiger charge is -2.01. The second-order valence-electron chi connectivity index (χ2n) is 4.79. The van der Waals surface area contributed by atoms with Crippen LogP contribution in [0.1, 0.15) is 16.1 Å². The molecule has 22 heavy (non-hydrogen) atoms. The lowest BCUT2D eigenvalue weighted by molar-refractivity contribution is 0.102. The SMILES string of the molecule is Cc1cc(-c2cnc(NC(=O)c3ccc(Cl)cc3)s2)n(C)n1. The van der Waals surface area contributed by atoms with Gasteiger partial charge in [-0.05, 0) is 37.3 Å². The highest BCUT2D eigenvalue weighted by molar-refractivity contribution is 7.19. The summed E-state index contributed by atoms with van der Waals surface area (Å²) < 4.78 is 1.80. The largest absolute Gasteiger partial charge is 0.298 e. The van der Waals surface area contributed by atoms with E-state index in [1.54, 1.807) is 35.1 Å². The quantitative estimate of drug-likeness (QED) is 0.794. The number of aryl methyl sites for hydroxylation is 2. The molecular weight excluding hydrogens is 320 g/mol. The van der Waals surface area contributed by atoms with Crippen LogP contribution >= 0.6 is 22.9 Å². The van der Waals surface area contributed by atoms with Crippen molar-refractivity contribution in [3.05, 3.63) is 52.8 Å². The van der Waals surface area contributed by atoms with Gasteiger partial charge < -0.3 is 0 Å². The van der Waals surface area contributed by atoms with E-state index in [4.69, 9.17) is 11.6 Å². The molecule has 1 aromatic carbocycles. The van der Waals surface area contributed by atoms with E-state index in [0.717, 1.165) is 16.3 Å². The van der Waals surface area contributed by atoms with Gasteiger partial charge in [0, 0.05) is 23.8 Å². The molecule has 0 unspecified atom stereocenters. The fourth-order valence-electron chi connectivity index (χ4n) is 2.06. The van der Waals surface area contributed by atoms with Crippen molar-refractivity contribution in [1.29, 1.82) is 0 Å². The highest BCUT2D eigenvalue weighted by atomic mass is 35.5. The first-order chi connectivity index (χ1) is 10.5. The van der Waals surface area contributed by atoms with Gasteiger partial charge in [0.05, 0.1) is 16.3 Å². The predicted molar refractivity (Wildman–Crippen MR) is 88.5 cm³/mol. The molecule has 1 N–H and O–H groups in total. The molecule has 3 rings (SSSR count). The van der Waals surface area contributed by atoms with Crippen LogP contribution < -0.4 is 5.32 Å². The smallest absolute Gasteiger partial charge is 0.257 e. The highest BCUT2D eigenvalue weighted by Gasteiger charge is 2.12. The minimum atomic E-state index is -0.209. The molecule has 0 fully saturated rings. The molecule has 2 aromatic heterocycles. The maximum absolute atomic E-state index is 12.1. The third-order valence-corrected chi connectivity index (χ3v) is 4.27. The van der Waals surface area contributed by atoms with Crippen LogP contribution in [0.5, 0.6) is 0 Å². The van der Waals surface area contributed by atoms with E-state index in [9.17, 15) is 4.79 Å². The Balaban J connectivity index is 1.78.